The second kappa shape index (κ2) is 5.47. The number of benzene rings is 1. The Morgan fingerprint density at radius 1 is 1.41 bits per heavy atom. The molecule has 1 unspecified atom stereocenters. The van der Waals surface area contributed by atoms with E-state index in [0.29, 0.717) is 0 Å². The highest BCUT2D eigenvalue weighted by molar-refractivity contribution is 7.80. The first kappa shape index (κ1) is 12.3. The number of thiocarbonyl (C=S) groups is 1. The molecule has 1 heterocycles. The van der Waals surface area contributed by atoms with Crippen molar-refractivity contribution in [2.24, 2.45) is 0 Å². The molecule has 0 saturated carbocycles. The molecule has 0 aromatic heterocycles. The summed E-state index contributed by atoms with van der Waals surface area (Å²) in [6.45, 7) is 4.42. The lowest BCUT2D eigenvalue weighted by Gasteiger charge is -2.34. The second-order valence-electron chi connectivity index (χ2n) is 4.10. The van der Waals surface area contributed by atoms with Gasteiger partial charge in [-0.15, -0.1) is 0 Å². The summed E-state index contributed by atoms with van der Waals surface area (Å²) in [5, 5.41) is 0. The van der Waals surface area contributed by atoms with Gasteiger partial charge in [-0.05, 0) is 24.6 Å². The molecule has 0 amide bonds. The van der Waals surface area contributed by atoms with Gasteiger partial charge in [0.05, 0.1) is 18.7 Å². The molecule has 2 rings (SSSR count). The van der Waals surface area contributed by atoms with Crippen molar-refractivity contribution in [2.75, 3.05) is 26.8 Å². The minimum atomic E-state index is 0.104. The van der Waals surface area contributed by atoms with Crippen LogP contribution in [0.3, 0.4) is 0 Å². The first-order valence-corrected chi connectivity index (χ1v) is 6.12. The molecular weight excluding hydrogens is 234 g/mol. The van der Waals surface area contributed by atoms with Crippen LogP contribution in [0.1, 0.15) is 18.6 Å². The van der Waals surface area contributed by atoms with E-state index in [1.165, 1.54) is 5.56 Å². The zero-order valence-electron chi connectivity index (χ0n) is 10.2. The van der Waals surface area contributed by atoms with Crippen molar-refractivity contribution in [3.8, 4) is 5.75 Å². The Kier molecular flexibility index (Phi) is 3.97. The van der Waals surface area contributed by atoms with E-state index in [1.54, 1.807) is 7.11 Å². The first-order valence-electron chi connectivity index (χ1n) is 5.72. The van der Waals surface area contributed by atoms with Gasteiger partial charge < -0.3 is 14.4 Å². The predicted molar refractivity (Wildman–Crippen MR) is 71.5 cm³/mol. The minimum Gasteiger partial charge on any atom is -0.497 e. The molecule has 1 fully saturated rings. The molecule has 1 aliphatic heterocycles. The summed E-state index contributed by atoms with van der Waals surface area (Å²) in [6.07, 6.45) is 0.104. The van der Waals surface area contributed by atoms with E-state index in [-0.39, 0.29) is 6.10 Å². The second-order valence-corrected chi connectivity index (χ2v) is 4.69. The third-order valence-electron chi connectivity index (χ3n) is 3.00. The Balaban J connectivity index is 2.08. The van der Waals surface area contributed by atoms with Gasteiger partial charge in [-0.1, -0.05) is 24.4 Å². The average Bonchev–Trinajstić information content (AvgIpc) is 2.39. The highest BCUT2D eigenvalue weighted by atomic mass is 32.1. The molecule has 1 aromatic carbocycles. The lowest BCUT2D eigenvalue weighted by atomic mass is 10.1. The van der Waals surface area contributed by atoms with Crippen molar-refractivity contribution in [2.45, 2.75) is 13.0 Å². The van der Waals surface area contributed by atoms with E-state index in [1.807, 2.05) is 31.2 Å². The van der Waals surface area contributed by atoms with E-state index < -0.39 is 0 Å². The van der Waals surface area contributed by atoms with Crippen LogP contribution in [0.25, 0.3) is 0 Å². The molecule has 92 valence electrons. The van der Waals surface area contributed by atoms with Gasteiger partial charge in [-0.2, -0.15) is 0 Å². The molecule has 1 aromatic rings. The number of ether oxygens (including phenoxy) is 2. The van der Waals surface area contributed by atoms with Gasteiger partial charge in [0.1, 0.15) is 11.9 Å². The summed E-state index contributed by atoms with van der Waals surface area (Å²) < 4.78 is 10.9. The van der Waals surface area contributed by atoms with E-state index in [4.69, 9.17) is 21.7 Å². The number of rotatable bonds is 2. The molecule has 0 spiro atoms. The number of morpholine rings is 1. The third-order valence-corrected chi connectivity index (χ3v) is 3.26. The van der Waals surface area contributed by atoms with Gasteiger partial charge in [0, 0.05) is 13.1 Å². The smallest absolute Gasteiger partial charge is 0.118 e. The molecule has 17 heavy (non-hydrogen) atoms. The van der Waals surface area contributed by atoms with Crippen molar-refractivity contribution in [3.63, 3.8) is 0 Å². The lowest BCUT2D eigenvalue weighted by molar-refractivity contribution is -0.00630. The average molecular weight is 251 g/mol. The fourth-order valence-electron chi connectivity index (χ4n) is 1.96. The molecule has 0 radical (unpaired) electrons. The van der Waals surface area contributed by atoms with E-state index in [9.17, 15) is 0 Å². The largest absolute Gasteiger partial charge is 0.497 e. The molecule has 4 heteroatoms. The molecule has 0 N–H and O–H groups in total. The zero-order valence-corrected chi connectivity index (χ0v) is 11.0. The summed E-state index contributed by atoms with van der Waals surface area (Å²) in [6, 6.07) is 8.02. The van der Waals surface area contributed by atoms with Gasteiger partial charge >= 0.3 is 0 Å². The van der Waals surface area contributed by atoms with Crippen LogP contribution >= 0.6 is 12.2 Å². The zero-order chi connectivity index (χ0) is 12.3. The molecule has 1 saturated heterocycles. The fourth-order valence-corrected chi connectivity index (χ4v) is 2.12. The maximum atomic E-state index is 5.78. The normalized spacial score (nSPS) is 20.1. The fraction of sp³-hybridized carbons (Fsp3) is 0.462. The molecule has 0 bridgehead atoms. The summed E-state index contributed by atoms with van der Waals surface area (Å²) >= 11 is 5.21. The molecule has 1 atom stereocenters. The maximum Gasteiger partial charge on any atom is 0.118 e. The highest BCUT2D eigenvalue weighted by Gasteiger charge is 2.21. The lowest BCUT2D eigenvalue weighted by Crippen LogP contribution is -2.40. The van der Waals surface area contributed by atoms with Crippen LogP contribution in [0, 0.1) is 0 Å². The van der Waals surface area contributed by atoms with E-state index in [2.05, 4.69) is 4.90 Å². The summed E-state index contributed by atoms with van der Waals surface area (Å²) in [5.74, 6) is 0.868. The molecule has 3 nitrogen and oxygen atoms in total. The quantitative estimate of drug-likeness (QED) is 0.752. The summed E-state index contributed by atoms with van der Waals surface area (Å²) in [5.41, 5.74) is 1.17. The number of hydrogen-bond acceptors (Lipinski definition) is 3. The SMILES string of the molecule is COc1ccc(C2CN(C(C)=S)CCO2)cc1. The highest BCUT2D eigenvalue weighted by Crippen LogP contribution is 2.24. The number of methoxy groups -OCH3 is 1. The number of nitrogens with zero attached hydrogens (tertiary/aromatic N) is 1. The van der Waals surface area contributed by atoms with Crippen molar-refractivity contribution in [3.05, 3.63) is 29.8 Å². The third kappa shape index (κ3) is 2.96. The van der Waals surface area contributed by atoms with Crippen LogP contribution < -0.4 is 4.74 Å². The van der Waals surface area contributed by atoms with Crippen LogP contribution in [0.15, 0.2) is 24.3 Å². The summed E-state index contributed by atoms with van der Waals surface area (Å²) in [4.78, 5) is 3.13. The van der Waals surface area contributed by atoms with E-state index >= 15 is 0 Å². The standard InChI is InChI=1S/C13H17NO2S/c1-10(17)14-7-8-16-13(9-14)11-3-5-12(15-2)6-4-11/h3-6,13H,7-9H2,1-2H3. The van der Waals surface area contributed by atoms with Crippen LogP contribution in [-0.4, -0.2) is 36.7 Å². The van der Waals surface area contributed by atoms with Gasteiger partial charge in [0.15, 0.2) is 0 Å². The number of hydrogen-bond donors (Lipinski definition) is 0. The molecular formula is C13H17NO2S. The van der Waals surface area contributed by atoms with Crippen molar-refractivity contribution in [1.82, 2.24) is 4.90 Å². The van der Waals surface area contributed by atoms with Gasteiger partial charge in [0.2, 0.25) is 0 Å². The Labute approximate surface area is 107 Å². The van der Waals surface area contributed by atoms with Crippen LogP contribution in [0.5, 0.6) is 5.75 Å². The molecule has 1 aliphatic rings. The Morgan fingerprint density at radius 3 is 2.71 bits per heavy atom. The monoisotopic (exact) mass is 251 g/mol. The first-order chi connectivity index (χ1) is 8.20. The van der Waals surface area contributed by atoms with Crippen molar-refractivity contribution >= 4 is 17.2 Å². The van der Waals surface area contributed by atoms with Crippen LogP contribution in [-0.2, 0) is 4.74 Å². The topological polar surface area (TPSA) is 21.7 Å². The Hall–Kier alpha value is -1.13. The Morgan fingerprint density at radius 2 is 2.12 bits per heavy atom. The van der Waals surface area contributed by atoms with Crippen LogP contribution in [0.2, 0.25) is 0 Å². The van der Waals surface area contributed by atoms with Gasteiger partial charge in [-0.25, -0.2) is 0 Å². The molecule has 0 aliphatic carbocycles. The van der Waals surface area contributed by atoms with E-state index in [0.717, 1.165) is 30.4 Å². The van der Waals surface area contributed by atoms with Crippen molar-refractivity contribution < 1.29 is 9.47 Å². The Bertz CT molecular complexity index is 391. The van der Waals surface area contributed by atoms with Crippen molar-refractivity contribution in [1.29, 1.82) is 0 Å². The predicted octanol–water partition coefficient (Wildman–Crippen LogP) is 2.42. The summed E-state index contributed by atoms with van der Waals surface area (Å²) in [7, 11) is 1.67. The van der Waals surface area contributed by atoms with Crippen LogP contribution in [0.4, 0.5) is 0 Å². The maximum absolute atomic E-state index is 5.78. The van der Waals surface area contributed by atoms with Gasteiger partial charge in [-0.3, -0.25) is 0 Å². The minimum absolute atomic E-state index is 0.104. The van der Waals surface area contributed by atoms with Gasteiger partial charge in [0.25, 0.3) is 0 Å².